The van der Waals surface area contributed by atoms with Crippen LogP contribution in [0.25, 0.3) is 0 Å². The van der Waals surface area contributed by atoms with Crippen LogP contribution in [0.1, 0.15) is 30.6 Å². The molecular weight excluding hydrogens is 326 g/mol. The minimum absolute atomic E-state index is 0.0568. The van der Waals surface area contributed by atoms with Gasteiger partial charge >= 0.3 is 6.03 Å². The quantitative estimate of drug-likeness (QED) is 0.779. The van der Waals surface area contributed by atoms with Crippen LogP contribution in [0.4, 0.5) is 4.79 Å². The van der Waals surface area contributed by atoms with Crippen LogP contribution in [0, 0.1) is 0 Å². The number of imide groups is 1. The van der Waals surface area contributed by atoms with Crippen molar-refractivity contribution in [2.45, 2.75) is 44.2 Å². The van der Waals surface area contributed by atoms with Gasteiger partial charge in [0.15, 0.2) is 0 Å². The van der Waals surface area contributed by atoms with Crippen molar-refractivity contribution in [2.24, 2.45) is 0 Å². The van der Waals surface area contributed by atoms with Gasteiger partial charge in [0.05, 0.1) is 6.42 Å². The number of hydrogen-bond acceptors (Lipinski definition) is 4. The number of hydrogen-bond donors (Lipinski definition) is 0. The van der Waals surface area contributed by atoms with Crippen LogP contribution in [0.2, 0.25) is 0 Å². The van der Waals surface area contributed by atoms with Crippen LogP contribution in [0.15, 0.2) is 17.5 Å². The van der Waals surface area contributed by atoms with E-state index >= 15 is 0 Å². The molecule has 0 spiro atoms. The van der Waals surface area contributed by atoms with E-state index in [1.165, 1.54) is 4.90 Å². The Labute approximate surface area is 145 Å². The van der Waals surface area contributed by atoms with Crippen molar-refractivity contribution in [3.63, 3.8) is 0 Å². The van der Waals surface area contributed by atoms with Gasteiger partial charge in [-0.1, -0.05) is 6.07 Å². The van der Waals surface area contributed by atoms with Crippen LogP contribution in [-0.2, 0) is 16.0 Å². The molecule has 0 N–H and O–H groups in total. The van der Waals surface area contributed by atoms with Gasteiger partial charge in [-0.05, 0) is 37.1 Å². The van der Waals surface area contributed by atoms with Crippen LogP contribution in [0.5, 0.6) is 0 Å². The van der Waals surface area contributed by atoms with Gasteiger partial charge in [0.2, 0.25) is 5.91 Å². The van der Waals surface area contributed by atoms with Crippen LogP contribution in [0.3, 0.4) is 0 Å². The summed E-state index contributed by atoms with van der Waals surface area (Å²) in [6.45, 7) is 1.54. The van der Waals surface area contributed by atoms with Crippen molar-refractivity contribution < 1.29 is 14.4 Å². The highest BCUT2D eigenvalue weighted by Gasteiger charge is 2.47. The van der Waals surface area contributed by atoms with E-state index in [0.29, 0.717) is 19.5 Å². The number of urea groups is 1. The Bertz CT molecular complexity index is 648. The summed E-state index contributed by atoms with van der Waals surface area (Å²) in [5, 5.41) is 1.98. The highest BCUT2D eigenvalue weighted by Crippen LogP contribution is 2.32. The molecule has 3 heterocycles. The van der Waals surface area contributed by atoms with E-state index in [1.54, 1.807) is 16.2 Å². The van der Waals surface area contributed by atoms with Crippen molar-refractivity contribution >= 4 is 29.2 Å². The molecule has 0 bridgehead atoms. The summed E-state index contributed by atoms with van der Waals surface area (Å²) in [5.74, 6) is 0.0954. The van der Waals surface area contributed by atoms with Gasteiger partial charge in [0.25, 0.3) is 5.91 Å². The normalized spacial score (nSPS) is 22.6. The Morgan fingerprint density at radius 1 is 1.12 bits per heavy atom. The number of carbonyl (C=O) groups excluding carboxylic acids is 3. The lowest BCUT2D eigenvalue weighted by atomic mass is 10.0. The first-order valence-electron chi connectivity index (χ1n) is 8.56. The molecular formula is C17H21N3O3S. The highest BCUT2D eigenvalue weighted by atomic mass is 32.1. The van der Waals surface area contributed by atoms with Gasteiger partial charge < -0.3 is 9.80 Å². The summed E-state index contributed by atoms with van der Waals surface area (Å²) in [6, 6.07) is 4.04. The molecule has 0 atom stereocenters. The topological polar surface area (TPSA) is 60.9 Å². The van der Waals surface area contributed by atoms with Gasteiger partial charge in [0, 0.05) is 30.1 Å². The Morgan fingerprint density at radius 3 is 2.50 bits per heavy atom. The molecule has 0 aromatic carbocycles. The van der Waals surface area contributed by atoms with Gasteiger partial charge in [0.1, 0.15) is 6.54 Å². The monoisotopic (exact) mass is 347 g/mol. The molecule has 3 aliphatic rings. The Hall–Kier alpha value is -1.89. The van der Waals surface area contributed by atoms with Gasteiger partial charge in [-0.25, -0.2) is 4.79 Å². The summed E-state index contributed by atoms with van der Waals surface area (Å²) in [7, 11) is 0. The minimum atomic E-state index is -0.120. The third-order valence-corrected chi connectivity index (χ3v) is 5.98. The summed E-state index contributed by atoms with van der Waals surface area (Å²) in [6.07, 6.45) is 3.86. The van der Waals surface area contributed by atoms with Crippen LogP contribution < -0.4 is 0 Å². The van der Waals surface area contributed by atoms with E-state index in [1.807, 2.05) is 22.4 Å². The Balaban J connectivity index is 1.32. The molecule has 128 valence electrons. The second-order valence-electron chi connectivity index (χ2n) is 6.77. The van der Waals surface area contributed by atoms with Gasteiger partial charge in [-0.2, -0.15) is 0 Å². The Kier molecular flexibility index (Phi) is 4.04. The fourth-order valence-electron chi connectivity index (χ4n) is 3.61. The summed E-state index contributed by atoms with van der Waals surface area (Å²) in [5.41, 5.74) is 0. The predicted octanol–water partition coefficient (Wildman–Crippen LogP) is 1.71. The average molecular weight is 347 g/mol. The smallest absolute Gasteiger partial charge is 0.327 e. The Morgan fingerprint density at radius 2 is 1.88 bits per heavy atom. The molecule has 6 nitrogen and oxygen atoms in total. The number of amides is 4. The highest BCUT2D eigenvalue weighted by molar-refractivity contribution is 7.10. The second kappa shape index (κ2) is 6.20. The van der Waals surface area contributed by atoms with E-state index in [4.69, 9.17) is 0 Å². The molecule has 24 heavy (non-hydrogen) atoms. The maximum absolute atomic E-state index is 12.5. The zero-order valence-electron chi connectivity index (χ0n) is 13.5. The largest absolute Gasteiger partial charge is 0.342 e. The predicted molar refractivity (Wildman–Crippen MR) is 89.6 cm³/mol. The number of piperidine rings is 1. The first-order valence-corrected chi connectivity index (χ1v) is 9.44. The third kappa shape index (κ3) is 2.92. The molecule has 4 amide bonds. The SMILES string of the molecule is O=C(Cc1cccs1)N1CCC(N2CC(=O)N(C3CC3)C2=O)CC1. The standard InChI is InChI=1S/C17H21N3O3S/c21-15(10-14-2-1-9-24-14)18-7-5-12(6-8-18)19-11-16(22)20(17(19)23)13-3-4-13/h1-2,9,12-13H,3-8,10-11H2. The molecule has 1 aromatic rings. The van der Waals surface area contributed by atoms with E-state index in [2.05, 4.69) is 0 Å². The second-order valence-corrected chi connectivity index (χ2v) is 7.81. The lowest BCUT2D eigenvalue weighted by molar-refractivity contribution is -0.132. The van der Waals surface area contributed by atoms with Crippen molar-refractivity contribution in [1.82, 2.24) is 14.7 Å². The summed E-state index contributed by atoms with van der Waals surface area (Å²) in [4.78, 5) is 43.0. The summed E-state index contributed by atoms with van der Waals surface area (Å²) >= 11 is 1.60. The van der Waals surface area contributed by atoms with Gasteiger partial charge in [-0.15, -0.1) is 11.3 Å². The fourth-order valence-corrected chi connectivity index (χ4v) is 4.31. The molecule has 2 saturated heterocycles. The van der Waals surface area contributed by atoms with Crippen molar-refractivity contribution in [3.05, 3.63) is 22.4 Å². The van der Waals surface area contributed by atoms with E-state index in [0.717, 1.165) is 30.6 Å². The maximum Gasteiger partial charge on any atom is 0.327 e. The summed E-state index contributed by atoms with van der Waals surface area (Å²) < 4.78 is 0. The van der Waals surface area contributed by atoms with Crippen molar-refractivity contribution in [3.8, 4) is 0 Å². The molecule has 0 radical (unpaired) electrons. The zero-order valence-corrected chi connectivity index (χ0v) is 14.3. The first-order chi connectivity index (χ1) is 11.6. The molecule has 2 aliphatic heterocycles. The number of rotatable bonds is 4. The maximum atomic E-state index is 12.5. The molecule has 0 unspecified atom stereocenters. The third-order valence-electron chi connectivity index (χ3n) is 5.10. The van der Waals surface area contributed by atoms with Crippen molar-refractivity contribution in [2.75, 3.05) is 19.6 Å². The zero-order chi connectivity index (χ0) is 16.7. The molecule has 3 fully saturated rings. The van der Waals surface area contributed by atoms with E-state index in [9.17, 15) is 14.4 Å². The minimum Gasteiger partial charge on any atom is -0.342 e. The molecule has 1 aliphatic carbocycles. The van der Waals surface area contributed by atoms with E-state index in [-0.39, 0.29) is 36.5 Å². The van der Waals surface area contributed by atoms with E-state index < -0.39 is 0 Å². The lowest BCUT2D eigenvalue weighted by Gasteiger charge is -2.36. The molecule has 4 rings (SSSR count). The number of thiophene rings is 1. The number of likely N-dealkylation sites (tertiary alicyclic amines) is 1. The first kappa shape index (κ1) is 15.6. The lowest BCUT2D eigenvalue weighted by Crippen LogP contribution is -2.48. The van der Waals surface area contributed by atoms with Gasteiger partial charge in [-0.3, -0.25) is 14.5 Å². The van der Waals surface area contributed by atoms with Crippen LogP contribution in [-0.4, -0.2) is 64.3 Å². The number of nitrogens with zero attached hydrogens (tertiary/aromatic N) is 3. The van der Waals surface area contributed by atoms with Crippen LogP contribution >= 0.6 is 11.3 Å². The molecule has 7 heteroatoms. The average Bonchev–Trinajstić information content (AvgIpc) is 3.19. The molecule has 1 aromatic heterocycles. The fraction of sp³-hybridized carbons (Fsp3) is 0.588. The van der Waals surface area contributed by atoms with Crippen molar-refractivity contribution in [1.29, 1.82) is 0 Å². The molecule has 1 saturated carbocycles. The number of carbonyl (C=O) groups is 3.